The first kappa shape index (κ1) is 21.3. The van der Waals surface area contributed by atoms with Crippen LogP contribution < -0.4 is 5.73 Å². The van der Waals surface area contributed by atoms with E-state index in [-0.39, 0.29) is 29.7 Å². The maximum Gasteiger partial charge on any atom is 0.254 e. The number of carbonyl (C=O) groups is 3. The standard InChI is InChI=1S/C24H30N4O3/c1-17(23(30)28-11-5-8-19(16-28)22(25)29)26-12-14-27(15-13-26)24(31)21-10-4-7-18-6-2-3-9-20(18)21/h2-4,6-7,9-10,17,19H,5,8,11-16H2,1H3,(H2,25,29). The van der Waals surface area contributed by atoms with Crippen molar-refractivity contribution < 1.29 is 14.4 Å². The molecule has 2 atom stereocenters. The van der Waals surface area contributed by atoms with Crippen molar-refractivity contribution in [3.05, 3.63) is 48.0 Å². The molecular weight excluding hydrogens is 392 g/mol. The predicted octanol–water partition coefficient (Wildman–Crippen LogP) is 1.71. The van der Waals surface area contributed by atoms with Gasteiger partial charge in [-0.25, -0.2) is 0 Å². The van der Waals surface area contributed by atoms with Gasteiger partial charge < -0.3 is 15.5 Å². The second-order valence-electron chi connectivity index (χ2n) is 8.56. The molecule has 0 radical (unpaired) electrons. The molecule has 2 N–H and O–H groups in total. The Kier molecular flexibility index (Phi) is 6.23. The van der Waals surface area contributed by atoms with Crippen LogP contribution in [0.5, 0.6) is 0 Å². The number of fused-ring (bicyclic) bond motifs is 1. The van der Waals surface area contributed by atoms with Crippen molar-refractivity contribution in [2.45, 2.75) is 25.8 Å². The summed E-state index contributed by atoms with van der Waals surface area (Å²) in [4.78, 5) is 43.5. The third-order valence-electron chi connectivity index (χ3n) is 6.66. The van der Waals surface area contributed by atoms with E-state index in [0.29, 0.717) is 39.3 Å². The van der Waals surface area contributed by atoms with E-state index in [1.54, 1.807) is 4.90 Å². The molecule has 2 saturated heterocycles. The molecule has 0 aromatic heterocycles. The van der Waals surface area contributed by atoms with Crippen LogP contribution in [0.15, 0.2) is 42.5 Å². The van der Waals surface area contributed by atoms with E-state index in [1.807, 2.05) is 54.3 Å². The minimum absolute atomic E-state index is 0.0377. The number of carbonyl (C=O) groups excluding carboxylic acids is 3. The topological polar surface area (TPSA) is 86.9 Å². The van der Waals surface area contributed by atoms with Crippen molar-refractivity contribution in [1.29, 1.82) is 0 Å². The summed E-state index contributed by atoms with van der Waals surface area (Å²) in [7, 11) is 0. The molecule has 7 heteroatoms. The van der Waals surface area contributed by atoms with Gasteiger partial charge in [0.15, 0.2) is 0 Å². The normalized spacial score (nSPS) is 21.1. The summed E-state index contributed by atoms with van der Waals surface area (Å²) < 4.78 is 0. The van der Waals surface area contributed by atoms with Gasteiger partial charge in [0.2, 0.25) is 11.8 Å². The molecule has 0 aliphatic carbocycles. The number of piperidine rings is 1. The van der Waals surface area contributed by atoms with Gasteiger partial charge in [0.05, 0.1) is 12.0 Å². The summed E-state index contributed by atoms with van der Waals surface area (Å²) in [5.74, 6) is -0.499. The quantitative estimate of drug-likeness (QED) is 0.813. The Morgan fingerprint density at radius 3 is 2.39 bits per heavy atom. The second-order valence-corrected chi connectivity index (χ2v) is 8.56. The SMILES string of the molecule is CC(C(=O)N1CCCC(C(N)=O)C1)N1CCN(C(=O)c2cccc3ccccc23)CC1. The first-order chi connectivity index (χ1) is 15.0. The van der Waals surface area contributed by atoms with Crippen molar-refractivity contribution in [2.24, 2.45) is 11.7 Å². The summed E-state index contributed by atoms with van der Waals surface area (Å²) in [6.07, 6.45) is 1.56. The molecule has 2 unspecified atom stereocenters. The van der Waals surface area contributed by atoms with Gasteiger partial charge >= 0.3 is 0 Å². The van der Waals surface area contributed by atoms with Crippen LogP contribution in [-0.4, -0.2) is 77.7 Å². The van der Waals surface area contributed by atoms with E-state index in [4.69, 9.17) is 5.73 Å². The zero-order chi connectivity index (χ0) is 22.0. The summed E-state index contributed by atoms with van der Waals surface area (Å²) >= 11 is 0. The van der Waals surface area contributed by atoms with Gasteiger partial charge in [-0.05, 0) is 36.6 Å². The number of rotatable bonds is 4. The Bertz CT molecular complexity index is 978. The van der Waals surface area contributed by atoms with E-state index in [1.165, 1.54) is 0 Å². The minimum atomic E-state index is -0.328. The van der Waals surface area contributed by atoms with Gasteiger partial charge in [0, 0.05) is 44.8 Å². The zero-order valence-corrected chi connectivity index (χ0v) is 18.0. The van der Waals surface area contributed by atoms with E-state index in [0.717, 1.165) is 29.2 Å². The highest BCUT2D eigenvalue weighted by atomic mass is 16.2. The molecule has 164 valence electrons. The molecule has 2 aliphatic rings. The van der Waals surface area contributed by atoms with E-state index in [9.17, 15) is 14.4 Å². The van der Waals surface area contributed by atoms with Gasteiger partial charge in [-0.15, -0.1) is 0 Å². The third kappa shape index (κ3) is 4.42. The van der Waals surface area contributed by atoms with Crippen molar-refractivity contribution in [3.63, 3.8) is 0 Å². The highest BCUT2D eigenvalue weighted by Crippen LogP contribution is 2.22. The second kappa shape index (κ2) is 9.06. The molecule has 0 spiro atoms. The number of hydrogen-bond donors (Lipinski definition) is 1. The highest BCUT2D eigenvalue weighted by Gasteiger charge is 2.33. The lowest BCUT2D eigenvalue weighted by Gasteiger charge is -2.40. The van der Waals surface area contributed by atoms with Crippen LogP contribution in [-0.2, 0) is 9.59 Å². The fourth-order valence-electron chi connectivity index (χ4n) is 4.72. The number of amides is 3. The number of primary amides is 1. The average molecular weight is 423 g/mol. The Morgan fingerprint density at radius 1 is 0.935 bits per heavy atom. The summed E-state index contributed by atoms with van der Waals surface area (Å²) in [5, 5.41) is 2.03. The van der Waals surface area contributed by atoms with Crippen LogP contribution >= 0.6 is 0 Å². The number of hydrogen-bond acceptors (Lipinski definition) is 4. The van der Waals surface area contributed by atoms with Gasteiger partial charge in [0.25, 0.3) is 5.91 Å². The molecule has 0 bridgehead atoms. The maximum atomic E-state index is 13.2. The first-order valence-corrected chi connectivity index (χ1v) is 11.0. The summed E-state index contributed by atoms with van der Waals surface area (Å²) in [6, 6.07) is 13.5. The number of benzene rings is 2. The molecule has 2 aromatic carbocycles. The highest BCUT2D eigenvalue weighted by molar-refractivity contribution is 6.07. The molecule has 7 nitrogen and oxygen atoms in total. The number of likely N-dealkylation sites (tertiary alicyclic amines) is 1. The van der Waals surface area contributed by atoms with Crippen LogP contribution in [0.25, 0.3) is 10.8 Å². The Morgan fingerprint density at radius 2 is 1.65 bits per heavy atom. The zero-order valence-electron chi connectivity index (χ0n) is 18.0. The number of piperazine rings is 1. The molecule has 2 fully saturated rings. The minimum Gasteiger partial charge on any atom is -0.369 e. The lowest BCUT2D eigenvalue weighted by Crippen LogP contribution is -2.56. The van der Waals surface area contributed by atoms with Crippen LogP contribution in [0, 0.1) is 5.92 Å². The lowest BCUT2D eigenvalue weighted by molar-refractivity contribution is -0.140. The van der Waals surface area contributed by atoms with Crippen LogP contribution in [0.2, 0.25) is 0 Å². The van der Waals surface area contributed by atoms with Crippen molar-refractivity contribution in [3.8, 4) is 0 Å². The lowest BCUT2D eigenvalue weighted by atomic mass is 9.97. The number of nitrogens with zero attached hydrogens (tertiary/aromatic N) is 3. The van der Waals surface area contributed by atoms with Gasteiger partial charge in [0.1, 0.15) is 0 Å². The van der Waals surface area contributed by atoms with Crippen LogP contribution in [0.3, 0.4) is 0 Å². The molecule has 2 heterocycles. The van der Waals surface area contributed by atoms with Gasteiger partial charge in [-0.1, -0.05) is 36.4 Å². The average Bonchev–Trinajstić information content (AvgIpc) is 2.82. The smallest absolute Gasteiger partial charge is 0.254 e. The third-order valence-corrected chi connectivity index (χ3v) is 6.66. The molecule has 3 amide bonds. The molecule has 2 aliphatic heterocycles. The predicted molar refractivity (Wildman–Crippen MR) is 119 cm³/mol. The van der Waals surface area contributed by atoms with Gasteiger partial charge in [-0.3, -0.25) is 19.3 Å². The molecule has 2 aromatic rings. The van der Waals surface area contributed by atoms with Crippen molar-refractivity contribution in [2.75, 3.05) is 39.3 Å². The monoisotopic (exact) mass is 422 g/mol. The Balaban J connectivity index is 1.37. The Hall–Kier alpha value is -2.93. The van der Waals surface area contributed by atoms with Crippen LogP contribution in [0.1, 0.15) is 30.1 Å². The fraction of sp³-hybridized carbons (Fsp3) is 0.458. The molecular formula is C24H30N4O3. The summed E-state index contributed by atoms with van der Waals surface area (Å²) in [5.41, 5.74) is 6.17. The van der Waals surface area contributed by atoms with Crippen molar-refractivity contribution >= 4 is 28.5 Å². The Labute approximate surface area is 182 Å². The largest absolute Gasteiger partial charge is 0.369 e. The van der Waals surface area contributed by atoms with E-state index in [2.05, 4.69) is 4.90 Å². The fourth-order valence-corrected chi connectivity index (χ4v) is 4.72. The molecule has 0 saturated carbocycles. The number of nitrogens with two attached hydrogens (primary N) is 1. The summed E-state index contributed by atoms with van der Waals surface area (Å²) in [6.45, 7) is 5.48. The molecule has 4 rings (SSSR count). The maximum absolute atomic E-state index is 13.2. The first-order valence-electron chi connectivity index (χ1n) is 11.0. The van der Waals surface area contributed by atoms with E-state index >= 15 is 0 Å². The van der Waals surface area contributed by atoms with Crippen LogP contribution in [0.4, 0.5) is 0 Å². The van der Waals surface area contributed by atoms with E-state index < -0.39 is 0 Å². The van der Waals surface area contributed by atoms with Gasteiger partial charge in [-0.2, -0.15) is 0 Å². The molecule has 31 heavy (non-hydrogen) atoms. The van der Waals surface area contributed by atoms with Crippen molar-refractivity contribution in [1.82, 2.24) is 14.7 Å².